The largest absolute Gasteiger partial charge is 1.00 e. The number of phosphoric ester groups is 1. The Morgan fingerprint density at radius 2 is 1.80 bits per heavy atom. The average molecular weight is 258 g/mol. The molecule has 0 aliphatic rings. The molecule has 5 nitrogen and oxygen atoms in total. The molecule has 2 N–H and O–H groups in total. The Kier molecular flexibility index (Phi) is 8.35. The van der Waals surface area contributed by atoms with Crippen LogP contribution in [0.25, 0.3) is 0 Å². The van der Waals surface area contributed by atoms with E-state index >= 15 is 0 Å². The molecule has 15 heavy (non-hydrogen) atoms. The first-order valence-corrected chi connectivity index (χ1v) is 5.49. The Balaban J connectivity index is 0. The predicted molar refractivity (Wildman–Crippen MR) is 51.0 cm³/mol. The second-order valence-corrected chi connectivity index (χ2v) is 3.72. The third-order valence-electron chi connectivity index (χ3n) is 1.35. The minimum Gasteiger partial charge on any atom is -1.00 e. The van der Waals surface area contributed by atoms with E-state index in [1.807, 2.05) is 6.07 Å². The van der Waals surface area contributed by atoms with E-state index in [1.54, 1.807) is 24.3 Å². The first-order valence-electron chi connectivity index (χ1n) is 3.96. The summed E-state index contributed by atoms with van der Waals surface area (Å²) < 4.78 is 19.6. The second kappa shape index (κ2) is 7.95. The van der Waals surface area contributed by atoms with Crippen LogP contribution in [-0.4, -0.2) is 23.0 Å². The van der Waals surface area contributed by atoms with Gasteiger partial charge in [0.1, 0.15) is 12.4 Å². The normalized spacial score (nSPS) is 10.5. The number of phosphoric acid groups is 1. The molecule has 7 heteroatoms. The fourth-order valence-electron chi connectivity index (χ4n) is 0.832. The SMILES string of the molecule is O=P(O)(O)OCCOc1ccccc1.[H-].[K+]. The van der Waals surface area contributed by atoms with Gasteiger partial charge in [0.2, 0.25) is 0 Å². The molecule has 1 rings (SSSR count). The molecule has 0 fully saturated rings. The molecule has 0 aliphatic heterocycles. The molecule has 0 amide bonds. The maximum atomic E-state index is 10.3. The summed E-state index contributed by atoms with van der Waals surface area (Å²) in [6, 6.07) is 8.95. The number of rotatable bonds is 5. The van der Waals surface area contributed by atoms with Crippen molar-refractivity contribution in [3.63, 3.8) is 0 Å². The van der Waals surface area contributed by atoms with Crippen molar-refractivity contribution in [3.8, 4) is 5.75 Å². The Bertz CT molecular complexity index is 317. The van der Waals surface area contributed by atoms with Gasteiger partial charge < -0.3 is 16.0 Å². The Morgan fingerprint density at radius 3 is 2.33 bits per heavy atom. The molecule has 1 aromatic carbocycles. The molecule has 0 aliphatic carbocycles. The van der Waals surface area contributed by atoms with Gasteiger partial charge in [0.05, 0.1) is 6.61 Å². The van der Waals surface area contributed by atoms with Gasteiger partial charge in [0.15, 0.2) is 0 Å². The Hall–Kier alpha value is 0.766. The first-order chi connectivity index (χ1) is 6.58. The van der Waals surface area contributed by atoms with Crippen molar-refractivity contribution in [2.24, 2.45) is 0 Å². The van der Waals surface area contributed by atoms with Crippen LogP contribution in [0.2, 0.25) is 0 Å². The van der Waals surface area contributed by atoms with Crippen LogP contribution in [0.5, 0.6) is 5.75 Å². The van der Waals surface area contributed by atoms with E-state index in [1.165, 1.54) is 0 Å². The fraction of sp³-hybridized carbons (Fsp3) is 0.250. The first kappa shape index (κ1) is 15.8. The van der Waals surface area contributed by atoms with Gasteiger partial charge in [0, 0.05) is 0 Å². The maximum absolute atomic E-state index is 10.3. The smallest absolute Gasteiger partial charge is 1.00 e. The molecule has 0 unspecified atom stereocenters. The number of hydrogen-bond donors (Lipinski definition) is 2. The van der Waals surface area contributed by atoms with Crippen LogP contribution >= 0.6 is 7.82 Å². The molecule has 0 aromatic heterocycles. The van der Waals surface area contributed by atoms with E-state index < -0.39 is 7.82 Å². The zero-order valence-electron chi connectivity index (χ0n) is 9.37. The van der Waals surface area contributed by atoms with Gasteiger partial charge >= 0.3 is 59.2 Å². The van der Waals surface area contributed by atoms with Crippen LogP contribution in [0.15, 0.2) is 30.3 Å². The van der Waals surface area contributed by atoms with Gasteiger partial charge in [-0.25, -0.2) is 4.57 Å². The average Bonchev–Trinajstić information content (AvgIpc) is 2.13. The van der Waals surface area contributed by atoms with Crippen molar-refractivity contribution in [3.05, 3.63) is 30.3 Å². The van der Waals surface area contributed by atoms with Crippen LogP contribution in [0.3, 0.4) is 0 Å². The monoisotopic (exact) mass is 258 g/mol. The minimum atomic E-state index is -4.37. The molecule has 0 saturated carbocycles. The van der Waals surface area contributed by atoms with Crippen LogP contribution in [0.1, 0.15) is 1.43 Å². The molecule has 0 bridgehead atoms. The van der Waals surface area contributed by atoms with Crippen molar-refractivity contribution >= 4 is 7.82 Å². The quantitative estimate of drug-likeness (QED) is 0.374. The van der Waals surface area contributed by atoms with E-state index in [4.69, 9.17) is 14.5 Å². The van der Waals surface area contributed by atoms with Gasteiger partial charge in [-0.3, -0.25) is 4.52 Å². The van der Waals surface area contributed by atoms with Crippen LogP contribution in [0.4, 0.5) is 0 Å². The standard InChI is InChI=1S/C8H11O5P.K.H/c9-14(10,11)13-7-6-12-8-4-2-1-3-5-8;;/h1-5H,6-7H2,(H2,9,10,11);;/q;+1;-1. The van der Waals surface area contributed by atoms with Crippen molar-refractivity contribution in [2.75, 3.05) is 13.2 Å². The molecule has 0 heterocycles. The molecule has 1 aromatic rings. The van der Waals surface area contributed by atoms with E-state index in [9.17, 15) is 4.57 Å². The summed E-state index contributed by atoms with van der Waals surface area (Å²) in [7, 11) is -4.37. The number of benzene rings is 1. The number of ether oxygens (including phenoxy) is 1. The van der Waals surface area contributed by atoms with Crippen molar-refractivity contribution in [2.45, 2.75) is 0 Å². The fourth-order valence-corrected chi connectivity index (χ4v) is 1.14. The summed E-state index contributed by atoms with van der Waals surface area (Å²) in [5.74, 6) is 0.641. The maximum Gasteiger partial charge on any atom is 1.00 e. The Morgan fingerprint density at radius 1 is 1.20 bits per heavy atom. The van der Waals surface area contributed by atoms with Crippen molar-refractivity contribution in [1.29, 1.82) is 0 Å². The Labute approximate surface area is 132 Å². The second-order valence-electron chi connectivity index (χ2n) is 2.49. The van der Waals surface area contributed by atoms with Crippen LogP contribution in [0, 0.1) is 0 Å². The molecule has 0 saturated heterocycles. The summed E-state index contributed by atoms with van der Waals surface area (Å²) >= 11 is 0. The summed E-state index contributed by atoms with van der Waals surface area (Å²) in [5, 5.41) is 0. The molecule has 0 spiro atoms. The van der Waals surface area contributed by atoms with Gasteiger partial charge in [-0.2, -0.15) is 0 Å². The molecular formula is C8H12KO5P. The molecule has 0 atom stereocenters. The summed E-state index contributed by atoms with van der Waals surface area (Å²) in [6.45, 7) is -0.0334. The van der Waals surface area contributed by atoms with Gasteiger partial charge in [-0.05, 0) is 12.1 Å². The van der Waals surface area contributed by atoms with E-state index in [2.05, 4.69) is 4.52 Å². The molecule has 0 radical (unpaired) electrons. The van der Waals surface area contributed by atoms with Gasteiger partial charge in [-0.1, -0.05) is 18.2 Å². The van der Waals surface area contributed by atoms with Crippen LogP contribution in [-0.2, 0) is 9.09 Å². The van der Waals surface area contributed by atoms with E-state index in [0.717, 1.165) is 0 Å². The number of hydrogen-bond acceptors (Lipinski definition) is 3. The zero-order valence-corrected chi connectivity index (χ0v) is 12.4. The third-order valence-corrected chi connectivity index (χ3v) is 1.87. The van der Waals surface area contributed by atoms with Crippen molar-refractivity contribution < 1.29 is 76.4 Å². The van der Waals surface area contributed by atoms with Crippen LogP contribution < -0.4 is 56.1 Å². The van der Waals surface area contributed by atoms with Gasteiger partial charge in [-0.15, -0.1) is 0 Å². The predicted octanol–water partition coefficient (Wildman–Crippen LogP) is -1.71. The third kappa shape index (κ3) is 8.56. The molecular weight excluding hydrogens is 246 g/mol. The van der Waals surface area contributed by atoms with Crippen molar-refractivity contribution in [1.82, 2.24) is 0 Å². The number of para-hydroxylation sites is 1. The minimum absolute atomic E-state index is 0. The summed E-state index contributed by atoms with van der Waals surface area (Å²) in [6.07, 6.45) is 0. The van der Waals surface area contributed by atoms with E-state index in [-0.39, 0.29) is 66.0 Å². The topological polar surface area (TPSA) is 76.0 Å². The zero-order chi connectivity index (χ0) is 10.4. The van der Waals surface area contributed by atoms with E-state index in [0.29, 0.717) is 5.75 Å². The summed E-state index contributed by atoms with van der Waals surface area (Å²) in [5.41, 5.74) is 0. The van der Waals surface area contributed by atoms with Gasteiger partial charge in [0.25, 0.3) is 0 Å². The summed E-state index contributed by atoms with van der Waals surface area (Å²) in [4.78, 5) is 16.7. The molecule has 80 valence electrons.